The second kappa shape index (κ2) is 9.97. The maximum absolute atomic E-state index is 14.8. The third-order valence-corrected chi connectivity index (χ3v) is 3.55. The highest BCUT2D eigenvalue weighted by Gasteiger charge is 2.27. The van der Waals surface area contributed by atoms with Crippen molar-refractivity contribution in [1.82, 2.24) is 15.3 Å². The lowest BCUT2D eigenvalue weighted by Gasteiger charge is -2.25. The van der Waals surface area contributed by atoms with E-state index < -0.39 is 23.9 Å². The zero-order valence-corrected chi connectivity index (χ0v) is 15.9. The van der Waals surface area contributed by atoms with E-state index in [9.17, 15) is 9.18 Å². The SMILES string of the molecule is CC(C)(C)OC(=O)NC(Cc1ncccn1)C(F)COCc1ccccc1. The van der Waals surface area contributed by atoms with Crippen LogP contribution in [0.5, 0.6) is 0 Å². The van der Waals surface area contributed by atoms with Crippen LogP contribution in [0.3, 0.4) is 0 Å². The van der Waals surface area contributed by atoms with Crippen molar-refractivity contribution < 1.29 is 18.7 Å². The van der Waals surface area contributed by atoms with Gasteiger partial charge in [-0.2, -0.15) is 0 Å². The van der Waals surface area contributed by atoms with E-state index in [1.165, 1.54) is 0 Å². The van der Waals surface area contributed by atoms with Gasteiger partial charge in [-0.25, -0.2) is 19.2 Å². The molecule has 0 aliphatic heterocycles. The fourth-order valence-corrected chi connectivity index (χ4v) is 2.34. The van der Waals surface area contributed by atoms with Gasteiger partial charge in [-0.05, 0) is 32.4 Å². The lowest BCUT2D eigenvalue weighted by molar-refractivity contribution is 0.0335. The molecular formula is C20H26FN3O3. The molecule has 1 N–H and O–H groups in total. The smallest absolute Gasteiger partial charge is 0.407 e. The summed E-state index contributed by atoms with van der Waals surface area (Å²) in [6.45, 7) is 5.37. The lowest BCUT2D eigenvalue weighted by atomic mass is 10.1. The topological polar surface area (TPSA) is 73.3 Å². The number of aromatic nitrogens is 2. The Morgan fingerprint density at radius 1 is 1.15 bits per heavy atom. The molecule has 1 aromatic carbocycles. The molecule has 0 radical (unpaired) electrons. The summed E-state index contributed by atoms with van der Waals surface area (Å²) < 4.78 is 25.5. The number of alkyl carbamates (subject to hydrolysis) is 1. The highest BCUT2D eigenvalue weighted by Crippen LogP contribution is 2.11. The van der Waals surface area contributed by atoms with Gasteiger partial charge in [-0.3, -0.25) is 0 Å². The maximum atomic E-state index is 14.8. The van der Waals surface area contributed by atoms with Crippen LogP contribution in [0.15, 0.2) is 48.8 Å². The Hall–Kier alpha value is -2.54. The van der Waals surface area contributed by atoms with Crippen LogP contribution in [0.25, 0.3) is 0 Å². The molecular weight excluding hydrogens is 349 g/mol. The molecule has 2 atom stereocenters. The quantitative estimate of drug-likeness (QED) is 0.765. The van der Waals surface area contributed by atoms with Gasteiger partial charge >= 0.3 is 6.09 Å². The monoisotopic (exact) mass is 375 g/mol. The molecule has 6 nitrogen and oxygen atoms in total. The highest BCUT2D eigenvalue weighted by molar-refractivity contribution is 5.68. The Labute approximate surface area is 159 Å². The van der Waals surface area contributed by atoms with E-state index in [1.807, 2.05) is 30.3 Å². The molecule has 0 saturated heterocycles. The second-order valence-corrected chi connectivity index (χ2v) is 7.14. The number of alkyl halides is 1. The molecule has 0 bridgehead atoms. The molecule has 0 aliphatic rings. The predicted molar refractivity (Wildman–Crippen MR) is 99.9 cm³/mol. The first-order valence-corrected chi connectivity index (χ1v) is 8.84. The molecule has 0 aliphatic carbocycles. The number of rotatable bonds is 8. The summed E-state index contributed by atoms with van der Waals surface area (Å²) in [7, 11) is 0. The summed E-state index contributed by atoms with van der Waals surface area (Å²) in [4.78, 5) is 20.3. The largest absolute Gasteiger partial charge is 0.444 e. The van der Waals surface area contributed by atoms with Crippen LogP contribution < -0.4 is 5.32 Å². The molecule has 2 aromatic rings. The van der Waals surface area contributed by atoms with Crippen molar-refractivity contribution in [3.63, 3.8) is 0 Å². The normalized spacial score (nSPS) is 13.6. The van der Waals surface area contributed by atoms with E-state index in [0.717, 1.165) is 5.56 Å². The van der Waals surface area contributed by atoms with Crippen molar-refractivity contribution in [2.75, 3.05) is 6.61 Å². The first-order chi connectivity index (χ1) is 12.8. The van der Waals surface area contributed by atoms with E-state index in [2.05, 4.69) is 15.3 Å². The Morgan fingerprint density at radius 3 is 2.44 bits per heavy atom. The first-order valence-electron chi connectivity index (χ1n) is 8.84. The number of nitrogens with one attached hydrogen (secondary N) is 1. The van der Waals surface area contributed by atoms with Gasteiger partial charge in [0.1, 0.15) is 17.6 Å². The fraction of sp³-hybridized carbons (Fsp3) is 0.450. The standard InChI is InChI=1S/C20H26FN3O3/c1-20(2,3)27-19(25)24-17(12-18-22-10-7-11-23-18)16(21)14-26-13-15-8-5-4-6-9-15/h4-11,16-17H,12-14H2,1-3H3,(H,24,25). The fourth-order valence-electron chi connectivity index (χ4n) is 2.34. The Bertz CT molecular complexity index is 693. The average molecular weight is 375 g/mol. The lowest BCUT2D eigenvalue weighted by Crippen LogP contribution is -2.47. The van der Waals surface area contributed by atoms with E-state index in [0.29, 0.717) is 12.4 Å². The zero-order valence-electron chi connectivity index (χ0n) is 15.9. The summed E-state index contributed by atoms with van der Waals surface area (Å²) in [5.74, 6) is 0.435. The van der Waals surface area contributed by atoms with Gasteiger partial charge in [0.2, 0.25) is 0 Å². The highest BCUT2D eigenvalue weighted by atomic mass is 19.1. The van der Waals surface area contributed by atoms with Crippen molar-refractivity contribution in [2.24, 2.45) is 0 Å². The van der Waals surface area contributed by atoms with Crippen LogP contribution >= 0.6 is 0 Å². The Kier molecular flexibility index (Phi) is 7.67. The predicted octanol–water partition coefficient (Wildman–Crippen LogP) is 3.47. The zero-order chi connectivity index (χ0) is 19.7. The van der Waals surface area contributed by atoms with Crippen molar-refractivity contribution in [3.05, 3.63) is 60.2 Å². The van der Waals surface area contributed by atoms with E-state index in [4.69, 9.17) is 9.47 Å². The molecule has 0 saturated carbocycles. The number of carbonyl (C=O) groups is 1. The van der Waals surface area contributed by atoms with Crippen molar-refractivity contribution in [3.8, 4) is 0 Å². The van der Waals surface area contributed by atoms with Gasteiger partial charge in [0.05, 0.1) is 19.3 Å². The van der Waals surface area contributed by atoms with Gasteiger partial charge in [0.25, 0.3) is 0 Å². The molecule has 7 heteroatoms. The van der Waals surface area contributed by atoms with Crippen LogP contribution in [0.4, 0.5) is 9.18 Å². The van der Waals surface area contributed by atoms with E-state index in [1.54, 1.807) is 39.2 Å². The van der Waals surface area contributed by atoms with Gasteiger partial charge < -0.3 is 14.8 Å². The number of hydrogen-bond acceptors (Lipinski definition) is 5. The van der Waals surface area contributed by atoms with Gasteiger partial charge in [0.15, 0.2) is 0 Å². The molecule has 27 heavy (non-hydrogen) atoms. The minimum atomic E-state index is -1.44. The number of ether oxygens (including phenoxy) is 2. The molecule has 146 valence electrons. The molecule has 1 heterocycles. The third-order valence-electron chi connectivity index (χ3n) is 3.55. The Morgan fingerprint density at radius 2 is 1.81 bits per heavy atom. The van der Waals surface area contributed by atoms with Crippen LogP contribution in [-0.4, -0.2) is 40.5 Å². The van der Waals surface area contributed by atoms with Crippen LogP contribution in [-0.2, 0) is 22.5 Å². The van der Waals surface area contributed by atoms with E-state index in [-0.39, 0.29) is 13.0 Å². The number of halogens is 1. The maximum Gasteiger partial charge on any atom is 0.407 e. The minimum absolute atomic E-state index is 0.135. The summed E-state index contributed by atoms with van der Waals surface area (Å²) in [6.07, 6.45) is 1.16. The average Bonchev–Trinajstić information content (AvgIpc) is 2.61. The summed E-state index contributed by atoms with van der Waals surface area (Å²) in [5.41, 5.74) is 0.278. The molecule has 2 unspecified atom stereocenters. The molecule has 2 rings (SSSR count). The second-order valence-electron chi connectivity index (χ2n) is 7.14. The molecule has 0 fully saturated rings. The molecule has 1 amide bonds. The molecule has 0 spiro atoms. The minimum Gasteiger partial charge on any atom is -0.444 e. The third kappa shape index (κ3) is 8.13. The number of benzene rings is 1. The first kappa shape index (κ1) is 20.8. The number of hydrogen-bond donors (Lipinski definition) is 1. The Balaban J connectivity index is 1.95. The van der Waals surface area contributed by atoms with Gasteiger partial charge in [0, 0.05) is 18.8 Å². The van der Waals surface area contributed by atoms with Crippen molar-refractivity contribution >= 4 is 6.09 Å². The number of amides is 1. The van der Waals surface area contributed by atoms with Crippen molar-refractivity contribution in [1.29, 1.82) is 0 Å². The van der Waals surface area contributed by atoms with Crippen LogP contribution in [0, 0.1) is 0 Å². The summed E-state index contributed by atoms with van der Waals surface area (Å²) >= 11 is 0. The van der Waals surface area contributed by atoms with Gasteiger partial charge in [-0.1, -0.05) is 30.3 Å². The van der Waals surface area contributed by atoms with Crippen molar-refractivity contribution in [2.45, 2.75) is 51.6 Å². The molecule has 1 aromatic heterocycles. The van der Waals surface area contributed by atoms with E-state index >= 15 is 0 Å². The van der Waals surface area contributed by atoms with Gasteiger partial charge in [-0.15, -0.1) is 0 Å². The van der Waals surface area contributed by atoms with Crippen LogP contribution in [0.1, 0.15) is 32.2 Å². The number of carbonyl (C=O) groups excluding carboxylic acids is 1. The number of nitrogens with zero attached hydrogens (tertiary/aromatic N) is 2. The van der Waals surface area contributed by atoms with Crippen LogP contribution in [0.2, 0.25) is 0 Å². The summed E-state index contributed by atoms with van der Waals surface area (Å²) in [5, 5.41) is 2.57. The summed E-state index contributed by atoms with van der Waals surface area (Å²) in [6, 6.07) is 10.3.